The molecule has 0 heterocycles. The van der Waals surface area contributed by atoms with Gasteiger partial charge >= 0.3 is 5.97 Å². The maximum absolute atomic E-state index is 12.5. The van der Waals surface area contributed by atoms with Crippen LogP contribution in [0.4, 0.5) is 0 Å². The van der Waals surface area contributed by atoms with E-state index in [1.54, 1.807) is 18.2 Å². The number of carboxylic acid groups (broad SMARTS) is 1. The lowest BCUT2D eigenvalue weighted by Crippen LogP contribution is -2.33. The van der Waals surface area contributed by atoms with Crippen molar-refractivity contribution in [1.29, 1.82) is 0 Å². The van der Waals surface area contributed by atoms with Crippen LogP contribution in [0, 0.1) is 0 Å². The van der Waals surface area contributed by atoms with Crippen LogP contribution in [0.25, 0.3) is 10.8 Å². The lowest BCUT2D eigenvalue weighted by atomic mass is 9.98. The molecule has 0 atom stereocenters. The topological polar surface area (TPSA) is 66.4 Å². The summed E-state index contributed by atoms with van der Waals surface area (Å²) in [6.45, 7) is 0. The van der Waals surface area contributed by atoms with Gasteiger partial charge in [-0.1, -0.05) is 36.4 Å². The summed E-state index contributed by atoms with van der Waals surface area (Å²) in [6.07, 6.45) is 5.72. The molecular formula is C17H15NO3. The van der Waals surface area contributed by atoms with Crippen molar-refractivity contribution in [3.05, 3.63) is 59.7 Å². The minimum atomic E-state index is -1.02. The molecule has 2 aromatic rings. The molecule has 0 saturated carbocycles. The average Bonchev–Trinajstić information content (AvgIpc) is 2.98. The summed E-state index contributed by atoms with van der Waals surface area (Å²) >= 11 is 0. The van der Waals surface area contributed by atoms with Gasteiger partial charge in [0, 0.05) is 17.0 Å². The molecule has 21 heavy (non-hydrogen) atoms. The van der Waals surface area contributed by atoms with Gasteiger partial charge in [0.05, 0.1) is 5.56 Å². The zero-order chi connectivity index (χ0) is 14.8. The Kier molecular flexibility index (Phi) is 3.44. The summed E-state index contributed by atoms with van der Waals surface area (Å²) in [6, 6.07) is 10.4. The van der Waals surface area contributed by atoms with E-state index < -0.39 is 5.97 Å². The molecule has 0 aromatic heterocycles. The Morgan fingerprint density at radius 1 is 1.00 bits per heavy atom. The highest BCUT2D eigenvalue weighted by Crippen LogP contribution is 2.24. The third-order valence-corrected chi connectivity index (χ3v) is 3.72. The quantitative estimate of drug-likeness (QED) is 0.850. The van der Waals surface area contributed by atoms with Gasteiger partial charge in [-0.15, -0.1) is 0 Å². The first-order chi connectivity index (χ1) is 10.2. The fourth-order valence-corrected chi connectivity index (χ4v) is 2.71. The maximum atomic E-state index is 12.5. The second kappa shape index (κ2) is 5.40. The van der Waals surface area contributed by atoms with E-state index in [0.717, 1.165) is 18.2 Å². The fraction of sp³-hybridized carbons (Fsp3) is 0.176. The first-order valence-electron chi connectivity index (χ1n) is 6.87. The van der Waals surface area contributed by atoms with Crippen molar-refractivity contribution in [1.82, 2.24) is 5.32 Å². The van der Waals surface area contributed by atoms with Crippen LogP contribution in [0.5, 0.6) is 0 Å². The van der Waals surface area contributed by atoms with E-state index in [9.17, 15) is 14.7 Å². The van der Waals surface area contributed by atoms with Crippen molar-refractivity contribution in [2.24, 2.45) is 0 Å². The number of fused-ring (bicyclic) bond motifs is 1. The highest BCUT2D eigenvalue weighted by atomic mass is 16.4. The Morgan fingerprint density at radius 3 is 2.24 bits per heavy atom. The number of carboxylic acids is 1. The smallest absolute Gasteiger partial charge is 0.336 e. The molecule has 2 aromatic carbocycles. The Labute approximate surface area is 122 Å². The van der Waals surface area contributed by atoms with E-state index in [0.29, 0.717) is 10.9 Å². The van der Waals surface area contributed by atoms with Gasteiger partial charge in [0.15, 0.2) is 0 Å². The maximum Gasteiger partial charge on any atom is 0.336 e. The van der Waals surface area contributed by atoms with Gasteiger partial charge < -0.3 is 10.4 Å². The average molecular weight is 281 g/mol. The Morgan fingerprint density at radius 2 is 1.62 bits per heavy atom. The molecule has 2 N–H and O–H groups in total. The molecule has 0 bridgehead atoms. The van der Waals surface area contributed by atoms with Gasteiger partial charge in [-0.2, -0.15) is 0 Å². The summed E-state index contributed by atoms with van der Waals surface area (Å²) < 4.78 is 0. The number of hydrogen-bond donors (Lipinski definition) is 2. The van der Waals surface area contributed by atoms with Crippen LogP contribution in [-0.2, 0) is 0 Å². The van der Waals surface area contributed by atoms with Gasteiger partial charge in [0.1, 0.15) is 0 Å². The lowest BCUT2D eigenvalue weighted by molar-refractivity contribution is 0.0699. The van der Waals surface area contributed by atoms with E-state index in [4.69, 9.17) is 0 Å². The Hall–Kier alpha value is -2.62. The summed E-state index contributed by atoms with van der Waals surface area (Å²) in [5.41, 5.74) is 0.570. The molecule has 1 aliphatic carbocycles. The second-order valence-electron chi connectivity index (χ2n) is 5.13. The van der Waals surface area contributed by atoms with Crippen molar-refractivity contribution in [2.45, 2.75) is 18.9 Å². The molecule has 1 aliphatic rings. The SMILES string of the molecule is O=C(O)c1cccc2cccc(C(=O)NC3CC=CC3)c12. The van der Waals surface area contributed by atoms with Crippen molar-refractivity contribution < 1.29 is 14.7 Å². The number of aromatic carboxylic acids is 1. The van der Waals surface area contributed by atoms with Crippen molar-refractivity contribution in [2.75, 3.05) is 0 Å². The number of hydrogen-bond acceptors (Lipinski definition) is 2. The van der Waals surface area contributed by atoms with Crippen molar-refractivity contribution in [3.8, 4) is 0 Å². The predicted molar refractivity (Wildman–Crippen MR) is 80.5 cm³/mol. The van der Waals surface area contributed by atoms with Crippen LogP contribution in [0.3, 0.4) is 0 Å². The number of carbonyl (C=O) groups is 2. The molecule has 4 nitrogen and oxygen atoms in total. The summed E-state index contributed by atoms with van der Waals surface area (Å²) in [5.74, 6) is -1.24. The molecule has 0 saturated heterocycles. The van der Waals surface area contributed by atoms with E-state index in [1.165, 1.54) is 6.07 Å². The minimum Gasteiger partial charge on any atom is -0.478 e. The first kappa shape index (κ1) is 13.4. The zero-order valence-electron chi connectivity index (χ0n) is 11.4. The number of nitrogens with one attached hydrogen (secondary N) is 1. The van der Waals surface area contributed by atoms with E-state index in [-0.39, 0.29) is 17.5 Å². The standard InChI is InChI=1S/C17H15NO3/c19-16(18-12-7-1-2-8-12)13-9-3-5-11-6-4-10-14(15(11)13)17(20)21/h1-6,9-10,12H,7-8H2,(H,18,19)(H,20,21). The van der Waals surface area contributed by atoms with Gasteiger partial charge in [-0.05, 0) is 30.4 Å². The summed E-state index contributed by atoms with van der Waals surface area (Å²) in [4.78, 5) is 23.9. The van der Waals surface area contributed by atoms with Crippen LogP contribution >= 0.6 is 0 Å². The molecule has 3 rings (SSSR count). The van der Waals surface area contributed by atoms with Crippen LogP contribution < -0.4 is 5.32 Å². The van der Waals surface area contributed by atoms with Crippen molar-refractivity contribution in [3.63, 3.8) is 0 Å². The molecule has 106 valence electrons. The molecule has 0 radical (unpaired) electrons. The van der Waals surface area contributed by atoms with Gasteiger partial charge in [-0.3, -0.25) is 4.79 Å². The number of rotatable bonds is 3. The number of benzene rings is 2. The summed E-state index contributed by atoms with van der Waals surface area (Å²) in [7, 11) is 0. The van der Waals surface area contributed by atoms with Gasteiger partial charge in [0.2, 0.25) is 0 Å². The van der Waals surface area contributed by atoms with E-state index in [2.05, 4.69) is 5.32 Å². The predicted octanol–water partition coefficient (Wildman–Crippen LogP) is 2.99. The molecule has 1 amide bonds. The van der Waals surface area contributed by atoms with Crippen LogP contribution in [0.2, 0.25) is 0 Å². The third-order valence-electron chi connectivity index (χ3n) is 3.72. The minimum absolute atomic E-state index is 0.102. The van der Waals surface area contributed by atoms with Crippen LogP contribution in [0.1, 0.15) is 33.6 Å². The number of amides is 1. The highest BCUT2D eigenvalue weighted by molar-refractivity contribution is 6.14. The highest BCUT2D eigenvalue weighted by Gasteiger charge is 2.19. The first-order valence-corrected chi connectivity index (χ1v) is 6.87. The largest absolute Gasteiger partial charge is 0.478 e. The van der Waals surface area contributed by atoms with Crippen LogP contribution in [-0.4, -0.2) is 23.0 Å². The fourth-order valence-electron chi connectivity index (χ4n) is 2.71. The third kappa shape index (κ3) is 2.52. The Balaban J connectivity index is 2.05. The molecular weight excluding hydrogens is 266 g/mol. The number of carbonyl (C=O) groups excluding carboxylic acids is 1. The van der Waals surface area contributed by atoms with Gasteiger partial charge in [0.25, 0.3) is 5.91 Å². The molecule has 0 unspecified atom stereocenters. The van der Waals surface area contributed by atoms with Gasteiger partial charge in [-0.25, -0.2) is 4.79 Å². The van der Waals surface area contributed by atoms with E-state index in [1.807, 2.05) is 24.3 Å². The second-order valence-corrected chi connectivity index (χ2v) is 5.13. The molecule has 0 spiro atoms. The lowest BCUT2D eigenvalue weighted by Gasteiger charge is -2.14. The van der Waals surface area contributed by atoms with E-state index >= 15 is 0 Å². The molecule has 0 fully saturated rings. The van der Waals surface area contributed by atoms with Crippen molar-refractivity contribution >= 4 is 22.6 Å². The normalized spacial score (nSPS) is 14.5. The molecule has 4 heteroatoms. The Bertz CT molecular complexity index is 736. The summed E-state index contributed by atoms with van der Waals surface area (Å²) in [5, 5.41) is 13.5. The van der Waals surface area contributed by atoms with Crippen LogP contribution in [0.15, 0.2) is 48.6 Å². The monoisotopic (exact) mass is 281 g/mol. The molecule has 0 aliphatic heterocycles. The zero-order valence-corrected chi connectivity index (χ0v) is 11.4.